The highest BCUT2D eigenvalue weighted by atomic mass is 79.9. The summed E-state index contributed by atoms with van der Waals surface area (Å²) in [5, 5.41) is 11.7. The molecule has 0 amide bonds. The molecule has 0 atom stereocenters. The van der Waals surface area contributed by atoms with Gasteiger partial charge in [0.1, 0.15) is 5.82 Å². The SMILES string of the molecule is Brc1cccc2nnc(CC3CNC3)n12. The van der Waals surface area contributed by atoms with Gasteiger partial charge in [-0.2, -0.15) is 0 Å². The molecule has 1 saturated heterocycles. The van der Waals surface area contributed by atoms with Gasteiger partial charge < -0.3 is 5.32 Å². The Labute approximate surface area is 95.8 Å². The fourth-order valence-electron chi connectivity index (χ4n) is 1.84. The van der Waals surface area contributed by atoms with Crippen LogP contribution in [-0.4, -0.2) is 27.7 Å². The smallest absolute Gasteiger partial charge is 0.161 e. The maximum atomic E-state index is 4.23. The third-order valence-electron chi connectivity index (χ3n) is 2.79. The summed E-state index contributed by atoms with van der Waals surface area (Å²) in [6.45, 7) is 2.19. The minimum atomic E-state index is 0.713. The van der Waals surface area contributed by atoms with Gasteiger partial charge in [0, 0.05) is 6.42 Å². The van der Waals surface area contributed by atoms with Gasteiger partial charge in [0.25, 0.3) is 0 Å². The van der Waals surface area contributed by atoms with Gasteiger partial charge in [-0.25, -0.2) is 0 Å². The van der Waals surface area contributed by atoms with E-state index in [-0.39, 0.29) is 0 Å². The van der Waals surface area contributed by atoms with Crippen LogP contribution < -0.4 is 5.32 Å². The zero-order chi connectivity index (χ0) is 10.3. The second kappa shape index (κ2) is 3.57. The molecular formula is C10H11BrN4. The molecule has 0 saturated carbocycles. The highest BCUT2D eigenvalue weighted by molar-refractivity contribution is 9.10. The number of rotatable bonds is 2. The fourth-order valence-corrected chi connectivity index (χ4v) is 2.38. The molecule has 0 aromatic carbocycles. The third kappa shape index (κ3) is 1.55. The molecule has 2 aromatic heterocycles. The number of hydrogen-bond acceptors (Lipinski definition) is 3. The van der Waals surface area contributed by atoms with Crippen LogP contribution in [0.3, 0.4) is 0 Å². The number of pyridine rings is 1. The Morgan fingerprint density at radius 1 is 1.40 bits per heavy atom. The van der Waals surface area contributed by atoms with Crippen molar-refractivity contribution in [3.05, 3.63) is 28.6 Å². The van der Waals surface area contributed by atoms with Crippen LogP contribution in [0.15, 0.2) is 22.8 Å². The van der Waals surface area contributed by atoms with Crippen molar-refractivity contribution in [2.24, 2.45) is 5.92 Å². The van der Waals surface area contributed by atoms with Crippen molar-refractivity contribution >= 4 is 21.6 Å². The number of halogens is 1. The maximum Gasteiger partial charge on any atom is 0.161 e. The molecule has 78 valence electrons. The van der Waals surface area contributed by atoms with E-state index in [0.29, 0.717) is 5.92 Å². The number of fused-ring (bicyclic) bond motifs is 1. The molecule has 15 heavy (non-hydrogen) atoms. The summed E-state index contributed by atoms with van der Waals surface area (Å²) in [6.07, 6.45) is 0.997. The van der Waals surface area contributed by atoms with E-state index in [1.807, 2.05) is 18.2 Å². The minimum Gasteiger partial charge on any atom is -0.316 e. The van der Waals surface area contributed by atoms with Crippen LogP contribution in [0, 0.1) is 5.92 Å². The van der Waals surface area contributed by atoms with Crippen LogP contribution >= 0.6 is 15.9 Å². The van der Waals surface area contributed by atoms with E-state index in [2.05, 4.69) is 35.8 Å². The molecule has 3 rings (SSSR count). The summed E-state index contributed by atoms with van der Waals surface area (Å²) in [4.78, 5) is 0. The first kappa shape index (κ1) is 9.30. The van der Waals surface area contributed by atoms with Gasteiger partial charge in [-0.05, 0) is 47.1 Å². The lowest BCUT2D eigenvalue weighted by atomic mass is 9.99. The summed E-state index contributed by atoms with van der Waals surface area (Å²) in [5.41, 5.74) is 0.909. The second-order valence-corrected chi connectivity index (χ2v) is 4.70. The summed E-state index contributed by atoms with van der Waals surface area (Å²) in [7, 11) is 0. The van der Waals surface area contributed by atoms with Crippen molar-refractivity contribution in [2.45, 2.75) is 6.42 Å². The normalized spacial score (nSPS) is 16.9. The number of hydrogen-bond donors (Lipinski definition) is 1. The number of nitrogens with one attached hydrogen (secondary N) is 1. The monoisotopic (exact) mass is 266 g/mol. The first-order chi connectivity index (χ1) is 7.34. The van der Waals surface area contributed by atoms with Gasteiger partial charge in [-0.3, -0.25) is 4.40 Å². The van der Waals surface area contributed by atoms with Crippen LogP contribution in [0.5, 0.6) is 0 Å². The highest BCUT2D eigenvalue weighted by Crippen LogP contribution is 2.17. The van der Waals surface area contributed by atoms with Gasteiger partial charge in [-0.1, -0.05) is 6.07 Å². The van der Waals surface area contributed by atoms with Crippen LogP contribution in [0.4, 0.5) is 0 Å². The lowest BCUT2D eigenvalue weighted by molar-refractivity contribution is 0.340. The first-order valence-electron chi connectivity index (χ1n) is 5.04. The van der Waals surface area contributed by atoms with E-state index in [1.54, 1.807) is 0 Å². The average Bonchev–Trinajstić information content (AvgIpc) is 2.56. The largest absolute Gasteiger partial charge is 0.316 e. The molecule has 5 heteroatoms. The van der Waals surface area contributed by atoms with Crippen molar-refractivity contribution in [1.82, 2.24) is 19.9 Å². The van der Waals surface area contributed by atoms with E-state index in [4.69, 9.17) is 0 Å². The van der Waals surface area contributed by atoms with E-state index >= 15 is 0 Å². The standard InChI is InChI=1S/C10H11BrN4/c11-8-2-1-3-9-13-14-10(15(8)9)4-7-5-12-6-7/h1-3,7,12H,4-6H2. The third-order valence-corrected chi connectivity index (χ3v) is 3.40. The molecule has 0 bridgehead atoms. The van der Waals surface area contributed by atoms with Crippen LogP contribution in [-0.2, 0) is 6.42 Å². The predicted molar refractivity (Wildman–Crippen MR) is 60.8 cm³/mol. The molecule has 1 aliphatic heterocycles. The summed E-state index contributed by atoms with van der Waals surface area (Å²) >= 11 is 3.52. The molecule has 0 radical (unpaired) electrons. The number of aromatic nitrogens is 3. The van der Waals surface area contributed by atoms with Crippen LogP contribution in [0.25, 0.3) is 5.65 Å². The van der Waals surface area contributed by atoms with Gasteiger partial charge in [-0.15, -0.1) is 10.2 Å². The average molecular weight is 267 g/mol. The van der Waals surface area contributed by atoms with E-state index in [1.165, 1.54) is 0 Å². The molecule has 0 unspecified atom stereocenters. The van der Waals surface area contributed by atoms with Crippen LogP contribution in [0.1, 0.15) is 5.82 Å². The molecule has 1 aliphatic rings. The van der Waals surface area contributed by atoms with E-state index in [0.717, 1.165) is 35.6 Å². The Morgan fingerprint density at radius 2 is 2.27 bits per heavy atom. The van der Waals surface area contributed by atoms with Gasteiger partial charge in [0.15, 0.2) is 5.65 Å². The zero-order valence-electron chi connectivity index (χ0n) is 8.15. The van der Waals surface area contributed by atoms with Crippen molar-refractivity contribution in [2.75, 3.05) is 13.1 Å². The Hall–Kier alpha value is -0.940. The quantitative estimate of drug-likeness (QED) is 0.833. The molecule has 4 nitrogen and oxygen atoms in total. The van der Waals surface area contributed by atoms with Gasteiger partial charge >= 0.3 is 0 Å². The van der Waals surface area contributed by atoms with Gasteiger partial charge in [0.05, 0.1) is 4.60 Å². The molecule has 0 spiro atoms. The molecule has 1 fully saturated rings. The van der Waals surface area contributed by atoms with Crippen LogP contribution in [0.2, 0.25) is 0 Å². The Balaban J connectivity index is 2.02. The van der Waals surface area contributed by atoms with Crippen molar-refractivity contribution in [3.63, 3.8) is 0 Å². The second-order valence-electron chi connectivity index (χ2n) is 3.89. The van der Waals surface area contributed by atoms with Crippen molar-refractivity contribution in [1.29, 1.82) is 0 Å². The summed E-state index contributed by atoms with van der Waals surface area (Å²) in [5.74, 6) is 1.76. The predicted octanol–water partition coefficient (Wildman–Crippen LogP) is 1.25. The lowest BCUT2D eigenvalue weighted by Gasteiger charge is -2.26. The fraction of sp³-hybridized carbons (Fsp3) is 0.400. The maximum absolute atomic E-state index is 4.23. The van der Waals surface area contributed by atoms with Crippen molar-refractivity contribution < 1.29 is 0 Å². The minimum absolute atomic E-state index is 0.713. The van der Waals surface area contributed by atoms with Gasteiger partial charge in [0.2, 0.25) is 0 Å². The Morgan fingerprint density at radius 3 is 3.00 bits per heavy atom. The molecule has 3 heterocycles. The summed E-state index contributed by atoms with van der Waals surface area (Å²) < 4.78 is 3.09. The van der Waals surface area contributed by atoms with E-state index in [9.17, 15) is 0 Å². The van der Waals surface area contributed by atoms with Crippen molar-refractivity contribution in [3.8, 4) is 0 Å². The lowest BCUT2D eigenvalue weighted by Crippen LogP contribution is -2.43. The van der Waals surface area contributed by atoms with E-state index < -0.39 is 0 Å². The topological polar surface area (TPSA) is 42.2 Å². The number of nitrogens with zero attached hydrogens (tertiary/aromatic N) is 3. The zero-order valence-corrected chi connectivity index (χ0v) is 9.74. The Bertz CT molecular complexity index is 489. The molecular weight excluding hydrogens is 256 g/mol. The highest BCUT2D eigenvalue weighted by Gasteiger charge is 2.20. The first-order valence-corrected chi connectivity index (χ1v) is 5.83. The summed E-state index contributed by atoms with van der Waals surface area (Å²) in [6, 6.07) is 5.96. The Kier molecular flexibility index (Phi) is 2.21. The molecule has 2 aromatic rings. The molecule has 0 aliphatic carbocycles. The molecule has 1 N–H and O–H groups in total.